The molecule has 2 aliphatic rings. The van der Waals surface area contributed by atoms with Crippen LogP contribution in [0.3, 0.4) is 0 Å². The number of hydrogen-bond acceptors (Lipinski definition) is 6. The Bertz CT molecular complexity index is 1330. The van der Waals surface area contributed by atoms with Gasteiger partial charge in [-0.3, -0.25) is 14.9 Å². The summed E-state index contributed by atoms with van der Waals surface area (Å²) in [5, 5.41) is 6.23. The van der Waals surface area contributed by atoms with Crippen LogP contribution < -0.4 is 15.5 Å². The van der Waals surface area contributed by atoms with Crippen LogP contribution in [0.4, 0.5) is 16.2 Å². The number of carbonyl (C=O) groups excluding carboxylic acids is 3. The Kier molecular flexibility index (Phi) is 9.49. The Balaban J connectivity index is 1.34. The van der Waals surface area contributed by atoms with E-state index in [1.807, 2.05) is 82.6 Å². The molecular weight excluding hydrogens is 518 g/mol. The Morgan fingerprint density at radius 1 is 0.707 bits per heavy atom. The Morgan fingerprint density at radius 2 is 1.41 bits per heavy atom. The summed E-state index contributed by atoms with van der Waals surface area (Å²) < 4.78 is 5.50. The van der Waals surface area contributed by atoms with Gasteiger partial charge < -0.3 is 24.8 Å². The Labute approximate surface area is 241 Å². The van der Waals surface area contributed by atoms with E-state index in [2.05, 4.69) is 15.5 Å². The zero-order chi connectivity index (χ0) is 28.4. The van der Waals surface area contributed by atoms with Crippen molar-refractivity contribution in [2.24, 2.45) is 0 Å². The lowest BCUT2D eigenvalue weighted by atomic mass is 10.1. The Hall–Kier alpha value is -4.37. The zero-order valence-electron chi connectivity index (χ0n) is 23.3. The molecule has 0 aliphatic carbocycles. The zero-order valence-corrected chi connectivity index (χ0v) is 23.3. The van der Waals surface area contributed by atoms with Crippen molar-refractivity contribution in [3.05, 3.63) is 95.6 Å². The highest BCUT2D eigenvalue weighted by atomic mass is 16.5. The van der Waals surface area contributed by atoms with E-state index in [1.165, 1.54) is 0 Å². The molecule has 0 aromatic heterocycles. The Morgan fingerprint density at radius 3 is 2.22 bits per heavy atom. The minimum Gasteiger partial charge on any atom is -0.444 e. The summed E-state index contributed by atoms with van der Waals surface area (Å²) in [6, 6.07) is 24.3. The van der Waals surface area contributed by atoms with Crippen LogP contribution in [0.1, 0.15) is 39.1 Å². The van der Waals surface area contributed by atoms with E-state index < -0.39 is 6.09 Å². The van der Waals surface area contributed by atoms with Crippen molar-refractivity contribution < 1.29 is 19.1 Å². The molecule has 0 atom stereocenters. The van der Waals surface area contributed by atoms with E-state index in [1.54, 1.807) is 6.07 Å². The molecule has 214 valence electrons. The molecular formula is C32H37N5O4. The molecule has 0 bridgehead atoms. The van der Waals surface area contributed by atoms with Crippen molar-refractivity contribution in [1.29, 1.82) is 0 Å². The van der Waals surface area contributed by atoms with Crippen molar-refractivity contribution in [3.63, 3.8) is 0 Å². The first-order valence-electron chi connectivity index (χ1n) is 14.3. The molecule has 3 aromatic rings. The third-order valence-corrected chi connectivity index (χ3v) is 7.46. The van der Waals surface area contributed by atoms with Crippen LogP contribution in [0.25, 0.3) is 0 Å². The second-order valence-corrected chi connectivity index (χ2v) is 10.3. The average Bonchev–Trinajstić information content (AvgIpc) is 3.44. The van der Waals surface area contributed by atoms with Crippen LogP contribution in [-0.2, 0) is 11.3 Å². The van der Waals surface area contributed by atoms with Gasteiger partial charge in [-0.25, -0.2) is 4.79 Å². The third kappa shape index (κ3) is 7.43. The van der Waals surface area contributed by atoms with Gasteiger partial charge in [-0.05, 0) is 55.3 Å². The summed E-state index contributed by atoms with van der Waals surface area (Å²) >= 11 is 0. The molecule has 2 heterocycles. The number of rotatable bonds is 6. The molecule has 0 unspecified atom stereocenters. The normalized spacial score (nSPS) is 16.0. The number of carbonyl (C=O) groups is 3. The van der Waals surface area contributed by atoms with Crippen LogP contribution >= 0.6 is 0 Å². The fourth-order valence-corrected chi connectivity index (χ4v) is 5.27. The number of benzene rings is 3. The summed E-state index contributed by atoms with van der Waals surface area (Å²) in [6.07, 6.45) is 1.08. The van der Waals surface area contributed by atoms with E-state index in [-0.39, 0.29) is 18.4 Å². The van der Waals surface area contributed by atoms with Gasteiger partial charge in [-0.15, -0.1) is 0 Å². The van der Waals surface area contributed by atoms with Gasteiger partial charge in [0.05, 0.1) is 11.4 Å². The van der Waals surface area contributed by atoms with Gasteiger partial charge in [-0.2, -0.15) is 0 Å². The average molecular weight is 556 g/mol. The maximum absolute atomic E-state index is 13.4. The number of nitrogens with one attached hydrogen (secondary N) is 2. The predicted molar refractivity (Wildman–Crippen MR) is 159 cm³/mol. The number of amides is 3. The summed E-state index contributed by atoms with van der Waals surface area (Å²) in [6.45, 7) is 5.61. The van der Waals surface area contributed by atoms with Crippen LogP contribution in [-0.4, -0.2) is 80.1 Å². The minimum absolute atomic E-state index is 0.0168. The van der Waals surface area contributed by atoms with E-state index >= 15 is 0 Å². The molecule has 2 saturated heterocycles. The van der Waals surface area contributed by atoms with Crippen LogP contribution in [0.5, 0.6) is 0 Å². The van der Waals surface area contributed by atoms with Gasteiger partial charge in [-0.1, -0.05) is 48.5 Å². The summed E-state index contributed by atoms with van der Waals surface area (Å²) in [5.74, 6) is -0.0420. The first-order chi connectivity index (χ1) is 20.1. The van der Waals surface area contributed by atoms with Crippen molar-refractivity contribution in [2.75, 3.05) is 62.6 Å². The van der Waals surface area contributed by atoms with E-state index in [0.717, 1.165) is 37.2 Å². The largest absolute Gasteiger partial charge is 0.444 e. The van der Waals surface area contributed by atoms with Crippen molar-refractivity contribution in [3.8, 4) is 0 Å². The van der Waals surface area contributed by atoms with Crippen molar-refractivity contribution in [2.45, 2.75) is 19.4 Å². The molecule has 3 aromatic carbocycles. The summed E-state index contributed by atoms with van der Waals surface area (Å²) in [4.78, 5) is 45.3. The highest BCUT2D eigenvalue weighted by Gasteiger charge is 2.24. The lowest BCUT2D eigenvalue weighted by Crippen LogP contribution is -2.35. The first kappa shape index (κ1) is 28.2. The summed E-state index contributed by atoms with van der Waals surface area (Å²) in [5.41, 5.74) is 3.40. The van der Waals surface area contributed by atoms with Gasteiger partial charge in [0, 0.05) is 56.9 Å². The molecule has 0 spiro atoms. The topological polar surface area (TPSA) is 94.2 Å². The molecule has 2 N–H and O–H groups in total. The highest BCUT2D eigenvalue weighted by molar-refractivity contribution is 5.99. The summed E-state index contributed by atoms with van der Waals surface area (Å²) in [7, 11) is 0. The lowest BCUT2D eigenvalue weighted by molar-refractivity contribution is 0.0759. The molecule has 41 heavy (non-hydrogen) atoms. The molecule has 9 nitrogen and oxygen atoms in total. The van der Waals surface area contributed by atoms with Crippen LogP contribution in [0.15, 0.2) is 78.9 Å². The molecule has 9 heteroatoms. The fourth-order valence-electron chi connectivity index (χ4n) is 5.27. The van der Waals surface area contributed by atoms with Crippen LogP contribution in [0, 0.1) is 0 Å². The molecule has 0 saturated carbocycles. The molecule has 2 fully saturated rings. The SMILES string of the molecule is O=C(Nc1cc(C(=O)N2CCCNCC2)ccc1N1CCCN(C(=O)c2ccccc2)CC1)OCc1ccccc1. The predicted octanol–water partition coefficient (Wildman–Crippen LogP) is 4.22. The lowest BCUT2D eigenvalue weighted by Gasteiger charge is -2.27. The van der Waals surface area contributed by atoms with Gasteiger partial charge >= 0.3 is 6.09 Å². The van der Waals surface area contributed by atoms with E-state index in [4.69, 9.17) is 4.74 Å². The smallest absolute Gasteiger partial charge is 0.412 e. The molecule has 0 radical (unpaired) electrons. The first-order valence-corrected chi connectivity index (χ1v) is 14.3. The second kappa shape index (κ2) is 13.8. The van der Waals surface area contributed by atoms with Crippen LogP contribution in [0.2, 0.25) is 0 Å². The highest BCUT2D eigenvalue weighted by Crippen LogP contribution is 2.29. The van der Waals surface area contributed by atoms with Crippen molar-refractivity contribution >= 4 is 29.3 Å². The molecule has 2 aliphatic heterocycles. The fraction of sp³-hybridized carbons (Fsp3) is 0.344. The van der Waals surface area contributed by atoms with Crippen molar-refractivity contribution in [1.82, 2.24) is 15.1 Å². The van der Waals surface area contributed by atoms with Gasteiger partial charge in [0.15, 0.2) is 0 Å². The maximum atomic E-state index is 13.4. The number of ether oxygens (including phenoxy) is 1. The minimum atomic E-state index is -0.589. The number of hydrogen-bond donors (Lipinski definition) is 2. The second-order valence-electron chi connectivity index (χ2n) is 10.3. The number of anilines is 2. The van der Waals surface area contributed by atoms with Gasteiger partial charge in [0.2, 0.25) is 0 Å². The monoisotopic (exact) mass is 555 g/mol. The third-order valence-electron chi connectivity index (χ3n) is 7.46. The number of nitrogens with zero attached hydrogens (tertiary/aromatic N) is 3. The standard InChI is InChI=1S/C32H37N5O4/c38-30(26-11-5-2-6-12-26)37-19-8-18-35(21-22-37)29-14-13-27(31(39)36-17-7-15-33-16-20-36)23-28(29)34-32(40)41-24-25-9-3-1-4-10-25/h1-6,9-14,23,33H,7-8,15-22,24H2,(H,34,40). The van der Waals surface area contributed by atoms with Gasteiger partial charge in [0.25, 0.3) is 11.8 Å². The molecule has 3 amide bonds. The van der Waals surface area contributed by atoms with E-state index in [0.29, 0.717) is 56.1 Å². The maximum Gasteiger partial charge on any atom is 0.412 e. The van der Waals surface area contributed by atoms with E-state index in [9.17, 15) is 14.4 Å². The van der Waals surface area contributed by atoms with Gasteiger partial charge in [0.1, 0.15) is 6.61 Å². The quantitative estimate of drug-likeness (QED) is 0.473. The molecule has 5 rings (SSSR count).